The number of hydroxylamine groups is 1. The van der Waals surface area contributed by atoms with Gasteiger partial charge in [0, 0.05) is 24.2 Å². The number of aryl methyl sites for hydroxylation is 2. The Morgan fingerprint density at radius 2 is 0.835 bits per heavy atom. The average molecular weight is 1190 g/mol. The molecule has 4 aliphatic heterocycles. The molecule has 6 heterocycles. The number of amides is 3. The van der Waals surface area contributed by atoms with Crippen LogP contribution in [0.25, 0.3) is 0 Å². The number of hydrogen-bond acceptors (Lipinski definition) is 20. The standard InChI is InChI=1S/C16H23NO5.C16H23NO4.2C15H19NO5/c1-16-9-8-11(21-16)12(14(18)20-2)13(16)15(19)22-17-10-6-4-3-5-7-10;1-16-9-8-11(21-16)12(13(16)15(19)20-2)14(18)17-10-6-4-3-5-7-10;1-9-12(13(17)15(19)20-2)11(8-21-9)14(18)16-10-6-4-3-5-7-10;1-9-12(11(8-21-9)13(17)15(19)20-2)14(18)16-10-6-4-3-5-7-10/h10-11,17H,3-9H2,1-2H3;10-11H,3-9H2,1-2H3,(H,17,18);2*8,10H,3-7H2,1-2H3,(H,16,18). The second-order valence-electron chi connectivity index (χ2n) is 23.4. The van der Waals surface area contributed by atoms with E-state index >= 15 is 0 Å². The molecule has 4 bridgehead atoms. The van der Waals surface area contributed by atoms with Crippen LogP contribution in [-0.2, 0) is 62.0 Å². The molecule has 466 valence electrons. The molecule has 2 aromatic rings. The molecular weight excluding hydrogens is 1100 g/mol. The highest BCUT2D eigenvalue weighted by Crippen LogP contribution is 2.49. The number of ether oxygens (including phenoxy) is 6. The van der Waals surface area contributed by atoms with Crippen LogP contribution in [0.3, 0.4) is 0 Å². The summed E-state index contributed by atoms with van der Waals surface area (Å²) in [5, 5.41) is 8.90. The Balaban J connectivity index is 0.000000162. The van der Waals surface area contributed by atoms with E-state index < -0.39 is 52.6 Å². The Bertz CT molecular complexity index is 2870. The quantitative estimate of drug-likeness (QED) is 0.0437. The van der Waals surface area contributed by atoms with Gasteiger partial charge in [-0.3, -0.25) is 24.0 Å². The van der Waals surface area contributed by atoms with E-state index in [1.807, 2.05) is 13.8 Å². The minimum Gasteiger partial charge on any atom is -0.468 e. The van der Waals surface area contributed by atoms with Gasteiger partial charge in [0.2, 0.25) is 0 Å². The number of Topliss-reactive ketones (excluding diaryl/α,β-unsaturated/α-hetero) is 2. The second-order valence-corrected chi connectivity index (χ2v) is 23.4. The van der Waals surface area contributed by atoms with E-state index in [9.17, 15) is 47.9 Å². The fourth-order valence-electron chi connectivity index (χ4n) is 12.8. The van der Waals surface area contributed by atoms with Crippen LogP contribution in [0, 0.1) is 13.8 Å². The topological polar surface area (TPSA) is 310 Å². The van der Waals surface area contributed by atoms with Crippen LogP contribution in [0.4, 0.5) is 0 Å². The van der Waals surface area contributed by atoms with Gasteiger partial charge in [-0.2, -0.15) is 0 Å². The van der Waals surface area contributed by atoms with Crippen LogP contribution >= 0.6 is 0 Å². The van der Waals surface area contributed by atoms with Crippen LogP contribution in [0.2, 0.25) is 0 Å². The minimum atomic E-state index is -1.01. The number of hydrogen-bond donors (Lipinski definition) is 4. The molecule has 6 fully saturated rings. The lowest BCUT2D eigenvalue weighted by Gasteiger charge is -2.25. The van der Waals surface area contributed by atoms with Crippen molar-refractivity contribution in [2.75, 3.05) is 28.4 Å². The fraction of sp³-hybridized carbons (Fsp3) is 0.645. The lowest BCUT2D eigenvalue weighted by Crippen LogP contribution is -2.40. The summed E-state index contributed by atoms with van der Waals surface area (Å²) < 4.78 is 40.4. The molecule has 4 aliphatic carbocycles. The molecule has 4 atom stereocenters. The maximum atomic E-state index is 12.6. The third-order valence-electron chi connectivity index (χ3n) is 17.4. The number of carbonyl (C=O) groups excluding carboxylic acids is 10. The van der Waals surface area contributed by atoms with Crippen LogP contribution in [0.5, 0.6) is 0 Å². The Morgan fingerprint density at radius 1 is 0.435 bits per heavy atom. The van der Waals surface area contributed by atoms with Crippen LogP contribution in [0.1, 0.15) is 221 Å². The average Bonchev–Trinajstić information content (AvgIpc) is 1.81. The maximum absolute atomic E-state index is 12.6. The highest BCUT2D eigenvalue weighted by atomic mass is 16.7. The number of carbonyl (C=O) groups is 10. The maximum Gasteiger partial charge on any atom is 0.379 e. The molecule has 4 N–H and O–H groups in total. The van der Waals surface area contributed by atoms with Crippen LogP contribution < -0.4 is 21.4 Å². The lowest BCUT2D eigenvalue weighted by atomic mass is 9.82. The number of esters is 4. The normalized spacial score (nSPS) is 23.8. The van der Waals surface area contributed by atoms with Crippen molar-refractivity contribution in [2.24, 2.45) is 0 Å². The van der Waals surface area contributed by atoms with Crippen molar-refractivity contribution in [2.45, 2.75) is 229 Å². The fourth-order valence-corrected chi connectivity index (χ4v) is 12.8. The number of fused-ring (bicyclic) bond motifs is 4. The van der Waals surface area contributed by atoms with E-state index in [2.05, 4.69) is 30.9 Å². The largest absolute Gasteiger partial charge is 0.468 e. The molecule has 4 unspecified atom stereocenters. The number of methoxy groups -OCH3 is 4. The number of furan rings is 2. The van der Waals surface area contributed by atoms with Crippen LogP contribution in [-0.4, -0.2) is 135 Å². The van der Waals surface area contributed by atoms with Crippen molar-refractivity contribution in [3.8, 4) is 0 Å². The summed E-state index contributed by atoms with van der Waals surface area (Å²) in [6, 6.07) is 0.654. The van der Waals surface area contributed by atoms with E-state index in [0.29, 0.717) is 34.5 Å². The molecule has 2 aromatic heterocycles. The highest BCUT2D eigenvalue weighted by molar-refractivity contribution is 6.42. The summed E-state index contributed by atoms with van der Waals surface area (Å²) in [5.41, 5.74) is 3.19. The Hall–Kier alpha value is -6.98. The third-order valence-corrected chi connectivity index (χ3v) is 17.4. The molecule has 0 aromatic carbocycles. The van der Waals surface area contributed by atoms with E-state index in [1.165, 1.54) is 53.1 Å². The zero-order valence-corrected chi connectivity index (χ0v) is 50.3. The van der Waals surface area contributed by atoms with Gasteiger partial charge < -0.3 is 58.0 Å². The zero-order valence-electron chi connectivity index (χ0n) is 50.3. The number of ketones is 2. The summed E-state index contributed by atoms with van der Waals surface area (Å²) in [4.78, 5) is 126. The van der Waals surface area contributed by atoms with Crippen molar-refractivity contribution in [3.63, 3.8) is 0 Å². The molecule has 0 spiro atoms. The molecule has 23 nitrogen and oxygen atoms in total. The van der Waals surface area contributed by atoms with Crippen LogP contribution in [0.15, 0.2) is 43.7 Å². The van der Waals surface area contributed by atoms with Gasteiger partial charge in [0.1, 0.15) is 24.0 Å². The van der Waals surface area contributed by atoms with Gasteiger partial charge in [0.15, 0.2) is 0 Å². The molecule has 10 rings (SSSR count). The van der Waals surface area contributed by atoms with Crippen molar-refractivity contribution >= 4 is 59.1 Å². The lowest BCUT2D eigenvalue weighted by molar-refractivity contribution is -0.151. The highest BCUT2D eigenvalue weighted by Gasteiger charge is 2.56. The van der Waals surface area contributed by atoms with E-state index in [0.717, 1.165) is 142 Å². The predicted octanol–water partition coefficient (Wildman–Crippen LogP) is 7.66. The second kappa shape index (κ2) is 29.9. The van der Waals surface area contributed by atoms with Crippen molar-refractivity contribution in [1.82, 2.24) is 21.4 Å². The van der Waals surface area contributed by atoms with E-state index in [4.69, 9.17) is 32.6 Å². The molecule has 85 heavy (non-hydrogen) atoms. The molecule has 4 saturated carbocycles. The minimum absolute atomic E-state index is 0.0184. The smallest absolute Gasteiger partial charge is 0.379 e. The third kappa shape index (κ3) is 15.7. The molecule has 3 amide bonds. The summed E-state index contributed by atoms with van der Waals surface area (Å²) in [5.74, 6) is -5.56. The number of rotatable bonds is 15. The Labute approximate surface area is 495 Å². The van der Waals surface area contributed by atoms with Gasteiger partial charge in [0.25, 0.3) is 29.3 Å². The Morgan fingerprint density at radius 3 is 1.31 bits per heavy atom. The summed E-state index contributed by atoms with van der Waals surface area (Å²) in [6.07, 6.45) is 26.3. The van der Waals surface area contributed by atoms with Gasteiger partial charge in [-0.1, -0.05) is 77.0 Å². The van der Waals surface area contributed by atoms with E-state index in [1.54, 1.807) is 6.92 Å². The first kappa shape index (κ1) is 65.6. The van der Waals surface area contributed by atoms with Gasteiger partial charge in [-0.15, -0.1) is 5.48 Å². The predicted molar refractivity (Wildman–Crippen MR) is 302 cm³/mol. The molecule has 2 saturated heterocycles. The first-order valence-corrected chi connectivity index (χ1v) is 30.0. The zero-order chi connectivity index (χ0) is 61.6. The number of nitrogens with one attached hydrogen (secondary N) is 4. The Kier molecular flexibility index (Phi) is 23.1. The molecule has 0 radical (unpaired) electrons. The molecular formula is C62H84N4O19. The first-order valence-electron chi connectivity index (χ1n) is 30.0. The molecule has 23 heteroatoms. The molecule has 8 aliphatic rings. The van der Waals surface area contributed by atoms with Crippen molar-refractivity contribution < 1.29 is 90.0 Å². The van der Waals surface area contributed by atoms with Gasteiger partial charge >= 0.3 is 29.8 Å². The SMILES string of the molecule is COC(=O)C(=O)c1c(C(=O)NC2CCCCC2)coc1C.COC(=O)C(=O)c1coc(C)c1C(=O)NC1CCCCC1.COC(=O)C1=C(C(=O)NC2CCCCC2)C2CCC1(C)O2.COC(=O)C1=C(C(=O)ONC2CCCCC2)C2(C)CCC1O2. The van der Waals surface area contributed by atoms with Gasteiger partial charge in [-0.25, -0.2) is 24.0 Å². The monoisotopic (exact) mass is 1190 g/mol. The summed E-state index contributed by atoms with van der Waals surface area (Å²) >= 11 is 0. The summed E-state index contributed by atoms with van der Waals surface area (Å²) in [6.45, 7) is 6.83. The van der Waals surface area contributed by atoms with Crippen molar-refractivity contribution in [1.29, 1.82) is 0 Å². The van der Waals surface area contributed by atoms with E-state index in [-0.39, 0.29) is 82.1 Å². The first-order chi connectivity index (χ1) is 40.7. The summed E-state index contributed by atoms with van der Waals surface area (Å²) in [7, 11) is 4.90. The van der Waals surface area contributed by atoms with Crippen molar-refractivity contribution in [3.05, 3.63) is 68.6 Å². The van der Waals surface area contributed by atoms with Gasteiger partial charge in [0.05, 0.1) is 96.4 Å². The van der Waals surface area contributed by atoms with Gasteiger partial charge in [-0.05, 0) is 105 Å².